The number of anilines is 3. The molecular formula is C53H31NO. The molecule has 0 amide bonds. The van der Waals surface area contributed by atoms with E-state index in [-0.39, 0.29) is 0 Å². The molecule has 254 valence electrons. The van der Waals surface area contributed by atoms with Crippen molar-refractivity contribution in [3.8, 4) is 44.5 Å². The summed E-state index contributed by atoms with van der Waals surface area (Å²) in [4.78, 5) is 2.46. The molecular weight excluding hydrogens is 667 g/mol. The molecule has 10 aromatic rings. The van der Waals surface area contributed by atoms with E-state index in [2.05, 4.69) is 187 Å². The Labute approximate surface area is 318 Å². The second kappa shape index (κ2) is 10.5. The summed E-state index contributed by atoms with van der Waals surface area (Å²) in [6.45, 7) is 0. The highest BCUT2D eigenvalue weighted by atomic mass is 16.3. The predicted molar refractivity (Wildman–Crippen MR) is 227 cm³/mol. The molecule has 2 heteroatoms. The Bertz CT molecular complexity index is 3230. The smallest absolute Gasteiger partial charge is 0.135 e. The highest BCUT2D eigenvalue weighted by Gasteiger charge is 2.53. The van der Waals surface area contributed by atoms with Crippen molar-refractivity contribution in [2.45, 2.75) is 5.41 Å². The van der Waals surface area contributed by atoms with E-state index in [9.17, 15) is 0 Å². The molecule has 1 aromatic heterocycles. The van der Waals surface area contributed by atoms with Crippen LogP contribution in [0.25, 0.3) is 77.2 Å². The van der Waals surface area contributed by atoms with Gasteiger partial charge in [-0.15, -0.1) is 0 Å². The zero-order chi connectivity index (χ0) is 35.8. The summed E-state index contributed by atoms with van der Waals surface area (Å²) in [7, 11) is 0. The highest BCUT2D eigenvalue weighted by molar-refractivity contribution is 6.21. The van der Waals surface area contributed by atoms with Gasteiger partial charge in [0.05, 0.1) is 16.8 Å². The standard InChI is InChI=1S/C53H31NO/c1-2-13-34(14-3-1)54-47-22-9-7-20-43(47)53(44-21-8-10-23-48(44)54)45-30-33(32-26-28-50-41(29-32)37-17-6-11-24-49(37)55-50)25-27-39(45)52-40-19-12-18-38-35-15-4-5-16-36(35)42(51(38)40)31-46(52)53/h1-31H. The fourth-order valence-electron chi connectivity index (χ4n) is 10.4. The minimum Gasteiger partial charge on any atom is -0.456 e. The normalized spacial score (nSPS) is 13.9. The molecule has 0 fully saturated rings. The molecule has 55 heavy (non-hydrogen) atoms. The van der Waals surface area contributed by atoms with Crippen LogP contribution in [-0.4, -0.2) is 0 Å². The Balaban J connectivity index is 1.17. The summed E-state index contributed by atoms with van der Waals surface area (Å²) in [6, 6.07) is 69.7. The molecule has 0 unspecified atom stereocenters. The highest BCUT2D eigenvalue weighted by Crippen LogP contribution is 2.66. The third kappa shape index (κ3) is 3.64. The molecule has 1 spiro atoms. The van der Waals surface area contributed by atoms with Gasteiger partial charge < -0.3 is 9.32 Å². The molecule has 1 aliphatic heterocycles. The van der Waals surface area contributed by atoms with E-state index >= 15 is 0 Å². The molecule has 0 saturated heterocycles. The van der Waals surface area contributed by atoms with Crippen molar-refractivity contribution in [1.29, 1.82) is 0 Å². The lowest BCUT2D eigenvalue weighted by atomic mass is 9.64. The van der Waals surface area contributed by atoms with Gasteiger partial charge in [-0.3, -0.25) is 0 Å². The van der Waals surface area contributed by atoms with Crippen molar-refractivity contribution < 1.29 is 4.42 Å². The zero-order valence-electron chi connectivity index (χ0n) is 29.8. The van der Waals surface area contributed by atoms with Gasteiger partial charge in [-0.25, -0.2) is 0 Å². The van der Waals surface area contributed by atoms with Gasteiger partial charge >= 0.3 is 0 Å². The van der Waals surface area contributed by atoms with Gasteiger partial charge in [0.25, 0.3) is 0 Å². The summed E-state index contributed by atoms with van der Waals surface area (Å²) in [5.41, 5.74) is 20.3. The van der Waals surface area contributed by atoms with Crippen molar-refractivity contribution in [3.05, 3.63) is 210 Å². The van der Waals surface area contributed by atoms with Crippen LogP contribution in [0.3, 0.4) is 0 Å². The van der Waals surface area contributed by atoms with Crippen LogP contribution >= 0.6 is 0 Å². The quantitative estimate of drug-likeness (QED) is 0.179. The number of benzene rings is 9. The van der Waals surface area contributed by atoms with E-state index < -0.39 is 5.41 Å². The molecule has 9 aromatic carbocycles. The largest absolute Gasteiger partial charge is 0.456 e. The number of hydrogen-bond donors (Lipinski definition) is 0. The van der Waals surface area contributed by atoms with Crippen LogP contribution < -0.4 is 4.90 Å². The maximum atomic E-state index is 6.26. The fraction of sp³-hybridized carbons (Fsp3) is 0.0189. The number of para-hydroxylation sites is 4. The molecule has 2 nitrogen and oxygen atoms in total. The third-order valence-corrected chi connectivity index (χ3v) is 12.6. The summed E-state index contributed by atoms with van der Waals surface area (Å²) in [6.07, 6.45) is 0. The van der Waals surface area contributed by atoms with Crippen molar-refractivity contribution in [2.75, 3.05) is 4.90 Å². The minimum absolute atomic E-state index is 0.580. The van der Waals surface area contributed by atoms with Crippen LogP contribution in [0.2, 0.25) is 0 Å². The van der Waals surface area contributed by atoms with Gasteiger partial charge in [-0.2, -0.15) is 0 Å². The van der Waals surface area contributed by atoms with E-state index in [1.54, 1.807) is 0 Å². The van der Waals surface area contributed by atoms with E-state index in [4.69, 9.17) is 4.42 Å². The minimum atomic E-state index is -0.580. The van der Waals surface area contributed by atoms with Crippen LogP contribution in [0.1, 0.15) is 22.3 Å². The van der Waals surface area contributed by atoms with Crippen molar-refractivity contribution in [1.82, 2.24) is 0 Å². The topological polar surface area (TPSA) is 16.4 Å². The van der Waals surface area contributed by atoms with E-state index in [0.717, 1.165) is 27.6 Å². The number of fused-ring (bicyclic) bond motifs is 16. The van der Waals surface area contributed by atoms with Crippen LogP contribution in [-0.2, 0) is 5.41 Å². The van der Waals surface area contributed by atoms with Gasteiger partial charge in [-0.1, -0.05) is 133 Å². The molecule has 3 aliphatic rings. The number of hydrogen-bond acceptors (Lipinski definition) is 2. The zero-order valence-corrected chi connectivity index (χ0v) is 29.8. The first-order valence-corrected chi connectivity index (χ1v) is 19.1. The van der Waals surface area contributed by atoms with Gasteiger partial charge in [-0.05, 0) is 132 Å². The number of nitrogens with zero attached hydrogens (tertiary/aromatic N) is 1. The van der Waals surface area contributed by atoms with E-state index in [1.165, 1.54) is 88.9 Å². The lowest BCUT2D eigenvalue weighted by molar-refractivity contribution is 0.669. The van der Waals surface area contributed by atoms with Gasteiger partial charge in [0, 0.05) is 16.5 Å². The summed E-state index contributed by atoms with van der Waals surface area (Å²) in [5, 5.41) is 4.96. The average Bonchev–Trinajstić information content (AvgIpc) is 3.88. The van der Waals surface area contributed by atoms with E-state index in [0.29, 0.717) is 0 Å². The predicted octanol–water partition coefficient (Wildman–Crippen LogP) is 14.2. The molecule has 0 bridgehead atoms. The molecule has 13 rings (SSSR count). The van der Waals surface area contributed by atoms with Gasteiger partial charge in [0.15, 0.2) is 0 Å². The van der Waals surface area contributed by atoms with Crippen LogP contribution in [0, 0.1) is 0 Å². The average molecular weight is 698 g/mol. The monoisotopic (exact) mass is 697 g/mol. The number of rotatable bonds is 2. The SMILES string of the molecule is c1ccc(N2c3ccccc3C3(c4cc(-c5ccc6oc7ccccc7c6c5)ccc4-c4c3cc3c5c(cccc45)-c4ccccc4-3)c3ccccc32)cc1. The fourth-order valence-corrected chi connectivity index (χ4v) is 10.4. The molecule has 0 atom stereocenters. The summed E-state index contributed by atoms with van der Waals surface area (Å²) in [5.74, 6) is 0. The van der Waals surface area contributed by atoms with Gasteiger partial charge in [0.1, 0.15) is 11.2 Å². The molecule has 2 aliphatic carbocycles. The van der Waals surface area contributed by atoms with Crippen LogP contribution in [0.5, 0.6) is 0 Å². The van der Waals surface area contributed by atoms with Gasteiger partial charge in [0.2, 0.25) is 0 Å². The maximum absolute atomic E-state index is 6.26. The lowest BCUT2D eigenvalue weighted by Crippen LogP contribution is -2.36. The molecule has 0 N–H and O–H groups in total. The van der Waals surface area contributed by atoms with Crippen molar-refractivity contribution in [3.63, 3.8) is 0 Å². The molecule has 0 radical (unpaired) electrons. The third-order valence-electron chi connectivity index (χ3n) is 12.6. The molecule has 2 heterocycles. The summed E-state index contributed by atoms with van der Waals surface area (Å²) >= 11 is 0. The first-order chi connectivity index (χ1) is 27.3. The van der Waals surface area contributed by atoms with Crippen LogP contribution in [0.15, 0.2) is 192 Å². The first-order valence-electron chi connectivity index (χ1n) is 19.1. The van der Waals surface area contributed by atoms with Crippen molar-refractivity contribution in [2.24, 2.45) is 0 Å². The second-order valence-corrected chi connectivity index (χ2v) is 15.1. The Kier molecular flexibility index (Phi) is 5.59. The Morgan fingerprint density at radius 3 is 1.80 bits per heavy atom. The maximum Gasteiger partial charge on any atom is 0.135 e. The van der Waals surface area contributed by atoms with Crippen LogP contribution in [0.4, 0.5) is 17.1 Å². The summed E-state index contributed by atoms with van der Waals surface area (Å²) < 4.78 is 6.26. The lowest BCUT2D eigenvalue weighted by Gasteiger charge is -2.45. The number of furan rings is 1. The Morgan fingerprint density at radius 1 is 0.364 bits per heavy atom. The first kappa shape index (κ1) is 29.3. The van der Waals surface area contributed by atoms with E-state index in [1.807, 2.05) is 6.07 Å². The molecule has 0 saturated carbocycles. The second-order valence-electron chi connectivity index (χ2n) is 15.1. The van der Waals surface area contributed by atoms with Crippen molar-refractivity contribution >= 4 is 49.8 Å². The Hall–Kier alpha value is -7.16. The Morgan fingerprint density at radius 2 is 0.982 bits per heavy atom.